The van der Waals surface area contributed by atoms with Gasteiger partial charge in [-0.3, -0.25) is 0 Å². The molecule has 0 aliphatic rings. The van der Waals surface area contributed by atoms with Crippen LogP contribution < -0.4 is 5.32 Å². The maximum atomic E-state index is 5.95. The molecule has 0 fully saturated rings. The molecule has 1 unspecified atom stereocenters. The van der Waals surface area contributed by atoms with Crippen molar-refractivity contribution in [1.82, 2.24) is 5.32 Å². The van der Waals surface area contributed by atoms with Gasteiger partial charge in [0.1, 0.15) is 0 Å². The Labute approximate surface area is 133 Å². The second kappa shape index (κ2) is 8.21. The van der Waals surface area contributed by atoms with E-state index < -0.39 is 0 Å². The van der Waals surface area contributed by atoms with Gasteiger partial charge in [-0.25, -0.2) is 0 Å². The molecule has 112 valence electrons. The van der Waals surface area contributed by atoms with Crippen molar-refractivity contribution in [3.05, 3.63) is 70.2 Å². The SMILES string of the molecule is CCNC(CCc1cccc(C)c1)Cc1ccc(Cl)cc1. The Morgan fingerprint density at radius 1 is 1.05 bits per heavy atom. The van der Waals surface area contributed by atoms with Gasteiger partial charge >= 0.3 is 0 Å². The summed E-state index contributed by atoms with van der Waals surface area (Å²) in [5.41, 5.74) is 4.11. The molecule has 2 rings (SSSR count). The fourth-order valence-electron chi connectivity index (χ4n) is 2.68. The van der Waals surface area contributed by atoms with Crippen molar-refractivity contribution in [3.63, 3.8) is 0 Å². The van der Waals surface area contributed by atoms with Gasteiger partial charge in [-0.15, -0.1) is 0 Å². The second-order valence-electron chi connectivity index (χ2n) is 5.61. The molecular weight excluding hydrogens is 278 g/mol. The minimum atomic E-state index is 0.511. The zero-order chi connectivity index (χ0) is 15.1. The van der Waals surface area contributed by atoms with Crippen molar-refractivity contribution < 1.29 is 0 Å². The number of aryl methyl sites for hydroxylation is 2. The summed E-state index contributed by atoms with van der Waals surface area (Å²) in [5, 5.41) is 4.40. The van der Waals surface area contributed by atoms with E-state index in [0.29, 0.717) is 6.04 Å². The molecule has 1 atom stereocenters. The van der Waals surface area contributed by atoms with Gasteiger partial charge in [0.2, 0.25) is 0 Å². The molecular formula is C19H24ClN. The third-order valence-electron chi connectivity index (χ3n) is 3.75. The van der Waals surface area contributed by atoms with Gasteiger partial charge < -0.3 is 5.32 Å². The van der Waals surface area contributed by atoms with E-state index in [4.69, 9.17) is 11.6 Å². The summed E-state index contributed by atoms with van der Waals surface area (Å²) in [4.78, 5) is 0. The average molecular weight is 302 g/mol. The van der Waals surface area contributed by atoms with Crippen LogP contribution in [0, 0.1) is 6.92 Å². The maximum Gasteiger partial charge on any atom is 0.0406 e. The lowest BCUT2D eigenvalue weighted by Gasteiger charge is -2.18. The minimum Gasteiger partial charge on any atom is -0.314 e. The normalized spacial score (nSPS) is 12.3. The van der Waals surface area contributed by atoms with Gasteiger partial charge in [-0.1, -0.05) is 60.5 Å². The molecule has 0 saturated carbocycles. The molecule has 2 aromatic rings. The summed E-state index contributed by atoms with van der Waals surface area (Å²) < 4.78 is 0. The van der Waals surface area contributed by atoms with Gasteiger partial charge in [-0.2, -0.15) is 0 Å². The molecule has 0 spiro atoms. The highest BCUT2D eigenvalue weighted by Gasteiger charge is 2.09. The van der Waals surface area contributed by atoms with E-state index in [1.54, 1.807) is 0 Å². The largest absolute Gasteiger partial charge is 0.314 e. The molecule has 21 heavy (non-hydrogen) atoms. The van der Waals surface area contributed by atoms with Crippen molar-refractivity contribution in [1.29, 1.82) is 0 Å². The number of hydrogen-bond donors (Lipinski definition) is 1. The van der Waals surface area contributed by atoms with Crippen LogP contribution in [-0.2, 0) is 12.8 Å². The van der Waals surface area contributed by atoms with E-state index in [-0.39, 0.29) is 0 Å². The Morgan fingerprint density at radius 3 is 2.48 bits per heavy atom. The van der Waals surface area contributed by atoms with Crippen molar-refractivity contribution in [2.24, 2.45) is 0 Å². The van der Waals surface area contributed by atoms with Gasteiger partial charge in [-0.05, 0) is 56.0 Å². The smallest absolute Gasteiger partial charge is 0.0406 e. The first-order chi connectivity index (χ1) is 10.2. The van der Waals surface area contributed by atoms with Crippen molar-refractivity contribution in [2.75, 3.05) is 6.54 Å². The summed E-state index contributed by atoms with van der Waals surface area (Å²) in [7, 11) is 0. The van der Waals surface area contributed by atoms with E-state index in [2.05, 4.69) is 55.6 Å². The number of benzene rings is 2. The van der Waals surface area contributed by atoms with Crippen LogP contribution in [0.15, 0.2) is 48.5 Å². The van der Waals surface area contributed by atoms with Crippen LogP contribution in [0.2, 0.25) is 5.02 Å². The first kappa shape index (κ1) is 16.1. The number of hydrogen-bond acceptors (Lipinski definition) is 1. The molecule has 0 aliphatic heterocycles. The fourth-order valence-corrected chi connectivity index (χ4v) is 2.80. The van der Waals surface area contributed by atoms with Crippen molar-refractivity contribution in [2.45, 2.75) is 39.2 Å². The predicted molar refractivity (Wildman–Crippen MR) is 92.1 cm³/mol. The molecule has 1 nitrogen and oxygen atoms in total. The second-order valence-corrected chi connectivity index (χ2v) is 6.05. The molecule has 2 heteroatoms. The van der Waals surface area contributed by atoms with E-state index in [1.807, 2.05) is 12.1 Å². The highest BCUT2D eigenvalue weighted by atomic mass is 35.5. The number of likely N-dealkylation sites (N-methyl/N-ethyl adjacent to an activating group) is 1. The molecule has 0 aliphatic carbocycles. The number of rotatable bonds is 7. The molecule has 0 saturated heterocycles. The number of halogens is 1. The van der Waals surface area contributed by atoms with Crippen LogP contribution in [0.4, 0.5) is 0 Å². The molecule has 0 heterocycles. The highest BCUT2D eigenvalue weighted by Crippen LogP contribution is 2.14. The Bertz CT molecular complexity index is 548. The molecule has 0 bridgehead atoms. The van der Waals surface area contributed by atoms with E-state index in [1.165, 1.54) is 16.7 Å². The Kier molecular flexibility index (Phi) is 6.28. The van der Waals surface area contributed by atoms with Gasteiger partial charge in [0.25, 0.3) is 0 Å². The Hall–Kier alpha value is -1.31. The van der Waals surface area contributed by atoms with Crippen LogP contribution in [0.25, 0.3) is 0 Å². The Balaban J connectivity index is 1.93. The first-order valence-electron chi connectivity index (χ1n) is 7.70. The molecule has 2 aromatic carbocycles. The summed E-state index contributed by atoms with van der Waals surface area (Å²) in [6.45, 7) is 5.33. The van der Waals surface area contributed by atoms with Gasteiger partial charge in [0.05, 0.1) is 0 Å². The lowest BCUT2D eigenvalue weighted by molar-refractivity contribution is 0.491. The third kappa shape index (κ3) is 5.53. The zero-order valence-electron chi connectivity index (χ0n) is 12.9. The van der Waals surface area contributed by atoms with Crippen LogP contribution in [0.5, 0.6) is 0 Å². The lowest BCUT2D eigenvalue weighted by Crippen LogP contribution is -2.31. The number of nitrogens with one attached hydrogen (secondary N) is 1. The molecule has 0 aromatic heterocycles. The van der Waals surface area contributed by atoms with Crippen molar-refractivity contribution >= 4 is 11.6 Å². The summed E-state index contributed by atoms with van der Waals surface area (Å²) in [5.74, 6) is 0. The van der Waals surface area contributed by atoms with Gasteiger partial charge in [0, 0.05) is 11.1 Å². The summed E-state index contributed by atoms with van der Waals surface area (Å²) in [6.07, 6.45) is 3.32. The minimum absolute atomic E-state index is 0.511. The van der Waals surface area contributed by atoms with Crippen LogP contribution in [0.1, 0.15) is 30.0 Å². The van der Waals surface area contributed by atoms with E-state index in [0.717, 1.165) is 30.8 Å². The third-order valence-corrected chi connectivity index (χ3v) is 4.00. The molecule has 0 radical (unpaired) electrons. The van der Waals surface area contributed by atoms with Crippen molar-refractivity contribution in [3.8, 4) is 0 Å². The zero-order valence-corrected chi connectivity index (χ0v) is 13.7. The quantitative estimate of drug-likeness (QED) is 0.774. The van der Waals surface area contributed by atoms with Crippen LogP contribution in [-0.4, -0.2) is 12.6 Å². The Morgan fingerprint density at radius 2 is 1.81 bits per heavy atom. The monoisotopic (exact) mass is 301 g/mol. The topological polar surface area (TPSA) is 12.0 Å². The van der Waals surface area contributed by atoms with Gasteiger partial charge in [0.15, 0.2) is 0 Å². The highest BCUT2D eigenvalue weighted by molar-refractivity contribution is 6.30. The van der Waals surface area contributed by atoms with Crippen LogP contribution in [0.3, 0.4) is 0 Å². The van der Waals surface area contributed by atoms with E-state index >= 15 is 0 Å². The standard InChI is InChI=1S/C19H24ClN/c1-3-21-19(14-17-7-10-18(20)11-8-17)12-9-16-6-4-5-15(2)13-16/h4-8,10-11,13,19,21H,3,9,12,14H2,1-2H3. The maximum absolute atomic E-state index is 5.95. The fraction of sp³-hybridized carbons (Fsp3) is 0.368. The summed E-state index contributed by atoms with van der Waals surface area (Å²) >= 11 is 5.95. The van der Waals surface area contributed by atoms with E-state index in [9.17, 15) is 0 Å². The molecule has 1 N–H and O–H groups in total. The van der Waals surface area contributed by atoms with Crippen LogP contribution >= 0.6 is 11.6 Å². The first-order valence-corrected chi connectivity index (χ1v) is 8.08. The summed E-state index contributed by atoms with van der Waals surface area (Å²) in [6, 6.07) is 17.5. The average Bonchev–Trinajstić information content (AvgIpc) is 2.47. The molecule has 0 amide bonds. The lowest BCUT2D eigenvalue weighted by atomic mass is 9.98. The predicted octanol–water partition coefficient (Wildman–Crippen LogP) is 4.80.